The molecular weight excluding hydrogens is 318 g/mol. The molecule has 0 amide bonds. The lowest BCUT2D eigenvalue weighted by molar-refractivity contribution is 0.736. The summed E-state index contributed by atoms with van der Waals surface area (Å²) < 4.78 is 1.11. The molecule has 1 heterocycles. The zero-order valence-corrected chi connectivity index (χ0v) is 12.6. The van der Waals surface area contributed by atoms with Gasteiger partial charge >= 0.3 is 0 Å². The Bertz CT molecular complexity index is 524. The van der Waals surface area contributed by atoms with Crippen molar-refractivity contribution < 1.29 is 0 Å². The van der Waals surface area contributed by atoms with Crippen molar-refractivity contribution >= 4 is 38.9 Å². The third-order valence-corrected chi connectivity index (χ3v) is 4.72. The van der Waals surface area contributed by atoms with E-state index in [2.05, 4.69) is 34.1 Å². The Morgan fingerprint density at radius 1 is 1.35 bits per heavy atom. The number of benzene rings is 1. The second kappa shape index (κ2) is 5.53. The van der Waals surface area contributed by atoms with Crippen molar-refractivity contribution in [3.63, 3.8) is 0 Å². The van der Waals surface area contributed by atoms with Crippen LogP contribution >= 0.6 is 38.9 Å². The molecule has 2 N–H and O–H groups in total. The van der Waals surface area contributed by atoms with Gasteiger partial charge in [-0.2, -0.15) is 0 Å². The smallest absolute Gasteiger partial charge is 0.0701 e. The fraction of sp³-hybridized carbons (Fsp3) is 0.231. The number of halogens is 2. The lowest BCUT2D eigenvalue weighted by Crippen LogP contribution is -2.12. The molecule has 0 aliphatic carbocycles. The Morgan fingerprint density at radius 3 is 2.71 bits per heavy atom. The Balaban J connectivity index is 2.15. The maximum atomic E-state index is 6.20. The molecule has 0 spiro atoms. The lowest BCUT2D eigenvalue weighted by atomic mass is 10.0. The van der Waals surface area contributed by atoms with Crippen molar-refractivity contribution in [1.82, 2.24) is 0 Å². The highest BCUT2D eigenvalue weighted by atomic mass is 79.9. The van der Waals surface area contributed by atoms with Crippen molar-refractivity contribution in [2.24, 2.45) is 5.73 Å². The van der Waals surface area contributed by atoms with Gasteiger partial charge in [-0.25, -0.2) is 0 Å². The van der Waals surface area contributed by atoms with E-state index in [9.17, 15) is 0 Å². The molecule has 4 heteroatoms. The monoisotopic (exact) mass is 329 g/mol. The van der Waals surface area contributed by atoms with Gasteiger partial charge in [-0.15, -0.1) is 11.3 Å². The summed E-state index contributed by atoms with van der Waals surface area (Å²) in [7, 11) is 0. The van der Waals surface area contributed by atoms with Gasteiger partial charge in [0.25, 0.3) is 0 Å². The molecule has 0 bridgehead atoms. The molecule has 0 saturated heterocycles. The third-order valence-electron chi connectivity index (χ3n) is 2.61. The fourth-order valence-corrected chi connectivity index (χ4v) is 3.42. The van der Waals surface area contributed by atoms with Crippen LogP contribution in [-0.2, 0) is 6.42 Å². The van der Waals surface area contributed by atoms with Crippen LogP contribution in [0.3, 0.4) is 0 Å². The zero-order chi connectivity index (χ0) is 12.4. The molecule has 0 aliphatic heterocycles. The van der Waals surface area contributed by atoms with E-state index in [0.29, 0.717) is 0 Å². The Kier molecular flexibility index (Phi) is 4.26. The van der Waals surface area contributed by atoms with Crippen LogP contribution in [0.5, 0.6) is 0 Å². The number of thiophene rings is 1. The summed E-state index contributed by atoms with van der Waals surface area (Å²) in [6.07, 6.45) is 0.770. The van der Waals surface area contributed by atoms with Crippen LogP contribution in [0.1, 0.15) is 22.0 Å². The van der Waals surface area contributed by atoms with E-state index in [1.165, 1.54) is 10.4 Å². The van der Waals surface area contributed by atoms with E-state index in [-0.39, 0.29) is 6.04 Å². The molecule has 1 unspecified atom stereocenters. The predicted octanol–water partition coefficient (Wildman–Crippen LogP) is 4.71. The topological polar surface area (TPSA) is 26.0 Å². The minimum atomic E-state index is 0.00602. The molecule has 1 atom stereocenters. The van der Waals surface area contributed by atoms with Gasteiger partial charge in [0.2, 0.25) is 0 Å². The van der Waals surface area contributed by atoms with Gasteiger partial charge in [-0.05, 0) is 58.6 Å². The van der Waals surface area contributed by atoms with Gasteiger partial charge in [0.15, 0.2) is 0 Å². The molecule has 0 radical (unpaired) electrons. The van der Waals surface area contributed by atoms with Crippen LogP contribution in [0, 0.1) is 6.92 Å². The largest absolute Gasteiger partial charge is 0.323 e. The summed E-state index contributed by atoms with van der Waals surface area (Å²) in [5, 5.41) is 0.802. The summed E-state index contributed by atoms with van der Waals surface area (Å²) in [6.45, 7) is 2.03. The van der Waals surface area contributed by atoms with E-state index >= 15 is 0 Å². The quantitative estimate of drug-likeness (QED) is 0.866. The van der Waals surface area contributed by atoms with Crippen molar-refractivity contribution in [2.75, 3.05) is 0 Å². The van der Waals surface area contributed by atoms with Crippen molar-refractivity contribution in [3.8, 4) is 0 Å². The maximum absolute atomic E-state index is 6.20. The van der Waals surface area contributed by atoms with E-state index in [1.54, 1.807) is 11.3 Å². The Morgan fingerprint density at radius 2 is 2.12 bits per heavy atom. The first-order valence-electron chi connectivity index (χ1n) is 5.32. The molecule has 0 fully saturated rings. The van der Waals surface area contributed by atoms with Gasteiger partial charge < -0.3 is 5.73 Å². The minimum absolute atomic E-state index is 0.00602. The van der Waals surface area contributed by atoms with Crippen LogP contribution in [0.25, 0.3) is 0 Å². The highest BCUT2D eigenvalue weighted by Crippen LogP contribution is 2.29. The number of hydrogen-bond donors (Lipinski definition) is 1. The standard InChI is InChI=1S/C13H13BrClNS/c1-8-2-3-9(10(15)6-8)7-11(16)12-4-5-13(14)17-12/h2-6,11H,7,16H2,1H3. The van der Waals surface area contributed by atoms with Crippen molar-refractivity contribution in [1.29, 1.82) is 0 Å². The number of hydrogen-bond acceptors (Lipinski definition) is 2. The third kappa shape index (κ3) is 3.32. The van der Waals surface area contributed by atoms with Crippen LogP contribution in [0.4, 0.5) is 0 Å². The van der Waals surface area contributed by atoms with Crippen molar-refractivity contribution in [3.05, 3.63) is 55.1 Å². The first-order valence-corrected chi connectivity index (χ1v) is 7.31. The molecule has 1 aromatic heterocycles. The Hall–Kier alpha value is -0.350. The minimum Gasteiger partial charge on any atom is -0.323 e. The van der Waals surface area contributed by atoms with Crippen molar-refractivity contribution in [2.45, 2.75) is 19.4 Å². The second-order valence-corrected chi connectivity index (χ2v) is 6.95. The molecular formula is C13H13BrClNS. The van der Waals surface area contributed by atoms with E-state index in [4.69, 9.17) is 17.3 Å². The predicted molar refractivity (Wildman–Crippen MR) is 78.8 cm³/mol. The van der Waals surface area contributed by atoms with Crippen LogP contribution in [-0.4, -0.2) is 0 Å². The summed E-state index contributed by atoms with van der Waals surface area (Å²) >= 11 is 11.3. The molecule has 0 saturated carbocycles. The summed E-state index contributed by atoms with van der Waals surface area (Å²) in [5.41, 5.74) is 8.46. The molecule has 2 rings (SSSR count). The van der Waals surface area contributed by atoms with E-state index in [0.717, 1.165) is 20.8 Å². The van der Waals surface area contributed by atoms with Crippen LogP contribution < -0.4 is 5.73 Å². The zero-order valence-electron chi connectivity index (χ0n) is 9.41. The van der Waals surface area contributed by atoms with Gasteiger partial charge in [0.1, 0.15) is 0 Å². The first kappa shape index (κ1) is 13.1. The molecule has 0 aliphatic rings. The highest BCUT2D eigenvalue weighted by molar-refractivity contribution is 9.11. The van der Waals surface area contributed by atoms with Gasteiger partial charge in [-0.1, -0.05) is 23.7 Å². The molecule has 1 nitrogen and oxygen atoms in total. The number of nitrogens with two attached hydrogens (primary N) is 1. The average Bonchev–Trinajstić information content (AvgIpc) is 2.69. The number of aryl methyl sites for hydroxylation is 1. The lowest BCUT2D eigenvalue weighted by Gasteiger charge is -2.11. The van der Waals surface area contributed by atoms with Gasteiger partial charge in [0, 0.05) is 15.9 Å². The normalized spacial score (nSPS) is 12.7. The molecule has 90 valence electrons. The highest BCUT2D eigenvalue weighted by Gasteiger charge is 2.11. The van der Waals surface area contributed by atoms with Crippen LogP contribution in [0.2, 0.25) is 5.02 Å². The fourth-order valence-electron chi connectivity index (χ4n) is 1.68. The van der Waals surface area contributed by atoms with Gasteiger partial charge in [-0.3, -0.25) is 0 Å². The molecule has 1 aromatic carbocycles. The maximum Gasteiger partial charge on any atom is 0.0701 e. The SMILES string of the molecule is Cc1ccc(CC(N)c2ccc(Br)s2)c(Cl)c1. The van der Waals surface area contributed by atoms with E-state index in [1.807, 2.05) is 19.1 Å². The Labute approximate surface area is 119 Å². The number of rotatable bonds is 3. The molecule has 17 heavy (non-hydrogen) atoms. The second-order valence-electron chi connectivity index (χ2n) is 4.05. The van der Waals surface area contributed by atoms with Crippen LogP contribution in [0.15, 0.2) is 34.1 Å². The van der Waals surface area contributed by atoms with E-state index < -0.39 is 0 Å². The average molecular weight is 331 g/mol. The summed E-state index contributed by atoms with van der Waals surface area (Å²) in [5.74, 6) is 0. The summed E-state index contributed by atoms with van der Waals surface area (Å²) in [6, 6.07) is 10.2. The first-order chi connectivity index (χ1) is 8.06. The summed E-state index contributed by atoms with van der Waals surface area (Å²) in [4.78, 5) is 1.17. The van der Waals surface area contributed by atoms with Gasteiger partial charge in [0.05, 0.1) is 3.79 Å². The molecule has 2 aromatic rings.